The van der Waals surface area contributed by atoms with Gasteiger partial charge in [0.25, 0.3) is 0 Å². The molecular weight excluding hydrogens is 416 g/mol. The average molecular weight is 437 g/mol. The van der Waals surface area contributed by atoms with Gasteiger partial charge in [-0.1, -0.05) is 11.8 Å². The van der Waals surface area contributed by atoms with Crippen molar-refractivity contribution in [3.05, 3.63) is 34.5 Å². The molecule has 148 valence electrons. The average Bonchev–Trinajstić information content (AvgIpc) is 3.30. The maximum absolute atomic E-state index is 12.8. The van der Waals surface area contributed by atoms with Gasteiger partial charge in [0.05, 0.1) is 22.6 Å². The number of ketones is 1. The number of hydrogen-bond donors (Lipinski definition) is 1. The van der Waals surface area contributed by atoms with E-state index in [2.05, 4.69) is 9.97 Å². The third-order valence-corrected chi connectivity index (χ3v) is 8.43. The smallest absolute Gasteiger partial charge is 0.191 e. The highest BCUT2D eigenvalue weighted by atomic mass is 32.2. The molecule has 28 heavy (non-hydrogen) atoms. The van der Waals surface area contributed by atoms with E-state index >= 15 is 0 Å². The molecule has 7 nitrogen and oxygen atoms in total. The lowest BCUT2D eigenvalue weighted by Crippen LogP contribution is -2.14. The molecule has 4 rings (SSSR count). The molecule has 1 aliphatic heterocycles. The lowest BCUT2D eigenvalue weighted by molar-refractivity contribution is 0.102. The Kier molecular flexibility index (Phi) is 4.96. The first-order valence-corrected chi connectivity index (χ1v) is 12.5. The van der Waals surface area contributed by atoms with Crippen LogP contribution in [0.3, 0.4) is 0 Å². The van der Waals surface area contributed by atoms with Crippen LogP contribution in [0.4, 0.5) is 5.82 Å². The second kappa shape index (κ2) is 7.16. The summed E-state index contributed by atoms with van der Waals surface area (Å²) in [5, 5.41) is 3.22. The number of aryl methyl sites for hydroxylation is 1. The Morgan fingerprint density at radius 1 is 1.39 bits per heavy atom. The molecule has 0 radical (unpaired) electrons. The monoisotopic (exact) mass is 436 g/mol. The van der Waals surface area contributed by atoms with Crippen molar-refractivity contribution in [3.8, 4) is 0 Å². The topological polar surface area (TPSA) is 108 Å². The van der Waals surface area contributed by atoms with E-state index in [4.69, 9.17) is 5.73 Å². The predicted octanol–water partition coefficient (Wildman–Crippen LogP) is 3.03. The number of Topliss-reactive ketones (excluding diaryl/α,β-unsaturated/α-hetero) is 1. The quantitative estimate of drug-likeness (QED) is 0.372. The molecule has 0 spiro atoms. The van der Waals surface area contributed by atoms with Gasteiger partial charge in [0, 0.05) is 23.0 Å². The second-order valence-corrected chi connectivity index (χ2v) is 11.0. The number of carbonyl (C=O) groups is 1. The minimum Gasteiger partial charge on any atom is -0.383 e. The molecule has 0 aromatic carbocycles. The Hall–Kier alpha value is -1.91. The number of nitrogens with zero attached hydrogens (tertiary/aromatic N) is 3. The number of fused-ring (bicyclic) bond motifs is 1. The molecule has 0 bridgehead atoms. The standard InChI is InChI=1S/C18H20N4O3S3/c1-10-7-14(11(2)22(10)12-4-6-28(24,25)9-12)15(23)8-27-18-20-16(19)13-3-5-26-17(13)21-18/h3,5,7,12H,4,6,8-9H2,1-2H3,(H2,19,20,21). The van der Waals surface area contributed by atoms with Crippen molar-refractivity contribution < 1.29 is 13.2 Å². The molecule has 1 fully saturated rings. The summed E-state index contributed by atoms with van der Waals surface area (Å²) in [6.07, 6.45) is 0.592. The van der Waals surface area contributed by atoms with Crippen LogP contribution in [0, 0.1) is 13.8 Å². The number of aromatic nitrogens is 3. The van der Waals surface area contributed by atoms with E-state index in [0.29, 0.717) is 23.0 Å². The van der Waals surface area contributed by atoms with Crippen molar-refractivity contribution in [2.45, 2.75) is 31.5 Å². The summed E-state index contributed by atoms with van der Waals surface area (Å²) in [5.41, 5.74) is 8.32. The third-order valence-electron chi connectivity index (χ3n) is 5.02. The molecule has 3 aromatic heterocycles. The van der Waals surface area contributed by atoms with Crippen molar-refractivity contribution in [3.63, 3.8) is 0 Å². The third kappa shape index (κ3) is 3.56. The van der Waals surface area contributed by atoms with Crippen molar-refractivity contribution in [2.75, 3.05) is 23.0 Å². The summed E-state index contributed by atoms with van der Waals surface area (Å²) in [7, 11) is -2.99. The summed E-state index contributed by atoms with van der Waals surface area (Å²) in [5.74, 6) is 0.932. The number of nitrogen functional groups attached to an aromatic ring is 1. The van der Waals surface area contributed by atoms with Gasteiger partial charge in [-0.05, 0) is 37.8 Å². The summed E-state index contributed by atoms with van der Waals surface area (Å²) in [6.45, 7) is 3.79. The Bertz CT molecular complexity index is 1180. The normalized spacial score (nSPS) is 18.7. The molecule has 4 heterocycles. The van der Waals surface area contributed by atoms with Crippen LogP contribution in [-0.2, 0) is 9.84 Å². The van der Waals surface area contributed by atoms with Gasteiger partial charge in [-0.2, -0.15) is 0 Å². The van der Waals surface area contributed by atoms with E-state index in [0.717, 1.165) is 21.6 Å². The molecule has 1 aliphatic rings. The number of thiophene rings is 1. The molecule has 1 atom stereocenters. The van der Waals surface area contributed by atoms with Crippen LogP contribution in [0.1, 0.15) is 34.2 Å². The fourth-order valence-electron chi connectivity index (χ4n) is 3.73. The molecule has 2 N–H and O–H groups in total. The first kappa shape index (κ1) is 19.4. The molecule has 0 saturated carbocycles. The van der Waals surface area contributed by atoms with Gasteiger partial charge in [0.1, 0.15) is 10.6 Å². The summed E-state index contributed by atoms with van der Waals surface area (Å²) >= 11 is 2.75. The largest absolute Gasteiger partial charge is 0.383 e. The van der Waals surface area contributed by atoms with Crippen molar-refractivity contribution in [1.82, 2.24) is 14.5 Å². The number of rotatable bonds is 5. The van der Waals surface area contributed by atoms with Crippen molar-refractivity contribution in [1.29, 1.82) is 0 Å². The predicted molar refractivity (Wildman–Crippen MR) is 113 cm³/mol. The molecule has 0 amide bonds. The first-order chi connectivity index (χ1) is 13.2. The van der Waals surface area contributed by atoms with Crippen LogP contribution in [0.15, 0.2) is 22.7 Å². The van der Waals surface area contributed by atoms with E-state index < -0.39 is 9.84 Å². The number of anilines is 1. The zero-order chi connectivity index (χ0) is 20.1. The number of thioether (sulfide) groups is 1. The molecule has 0 aliphatic carbocycles. The highest BCUT2D eigenvalue weighted by Crippen LogP contribution is 2.30. The maximum atomic E-state index is 12.8. The van der Waals surface area contributed by atoms with Gasteiger partial charge >= 0.3 is 0 Å². The van der Waals surface area contributed by atoms with E-state index in [9.17, 15) is 13.2 Å². The highest BCUT2D eigenvalue weighted by Gasteiger charge is 2.31. The van der Waals surface area contributed by atoms with Crippen LogP contribution in [0.2, 0.25) is 0 Å². The number of nitrogens with two attached hydrogens (primary N) is 1. The molecule has 1 saturated heterocycles. The lowest BCUT2D eigenvalue weighted by atomic mass is 10.2. The van der Waals surface area contributed by atoms with Crippen LogP contribution in [0.25, 0.3) is 10.2 Å². The summed E-state index contributed by atoms with van der Waals surface area (Å²) in [6, 6.07) is 3.64. The fraction of sp³-hybridized carbons (Fsp3) is 0.389. The van der Waals surface area contributed by atoms with Gasteiger partial charge < -0.3 is 10.3 Å². The number of carbonyl (C=O) groups excluding carboxylic acids is 1. The van der Waals surface area contributed by atoms with Crippen LogP contribution in [0.5, 0.6) is 0 Å². The van der Waals surface area contributed by atoms with E-state index in [-0.39, 0.29) is 29.1 Å². The molecule has 3 aromatic rings. The second-order valence-electron chi connectivity index (χ2n) is 6.95. The zero-order valence-electron chi connectivity index (χ0n) is 15.5. The van der Waals surface area contributed by atoms with E-state index in [1.807, 2.05) is 35.9 Å². The molecular formula is C18H20N4O3S3. The molecule has 1 unspecified atom stereocenters. The SMILES string of the molecule is Cc1cc(C(=O)CSc2nc(N)c3ccsc3n2)c(C)n1C1CCS(=O)(=O)C1. The Balaban J connectivity index is 1.53. The highest BCUT2D eigenvalue weighted by molar-refractivity contribution is 7.99. The minimum atomic E-state index is -2.99. The summed E-state index contributed by atoms with van der Waals surface area (Å²) < 4.78 is 25.7. The van der Waals surface area contributed by atoms with Gasteiger partial charge in [0.2, 0.25) is 0 Å². The van der Waals surface area contributed by atoms with Crippen molar-refractivity contribution in [2.24, 2.45) is 0 Å². The Labute approximate surface area is 171 Å². The van der Waals surface area contributed by atoms with Gasteiger partial charge in [-0.25, -0.2) is 18.4 Å². The Morgan fingerprint density at radius 3 is 2.89 bits per heavy atom. The van der Waals surface area contributed by atoms with Crippen LogP contribution < -0.4 is 5.73 Å². The van der Waals surface area contributed by atoms with Crippen LogP contribution in [-0.4, -0.2) is 46.0 Å². The summed E-state index contributed by atoms with van der Waals surface area (Å²) in [4.78, 5) is 22.3. The lowest BCUT2D eigenvalue weighted by Gasteiger charge is -2.16. The number of hydrogen-bond acceptors (Lipinski definition) is 8. The van der Waals surface area contributed by atoms with Gasteiger partial charge in [0.15, 0.2) is 20.8 Å². The molecule has 10 heteroatoms. The van der Waals surface area contributed by atoms with Gasteiger partial charge in [-0.15, -0.1) is 11.3 Å². The Morgan fingerprint density at radius 2 is 2.18 bits per heavy atom. The van der Waals surface area contributed by atoms with E-state index in [1.165, 1.54) is 23.1 Å². The van der Waals surface area contributed by atoms with Crippen LogP contribution >= 0.6 is 23.1 Å². The first-order valence-electron chi connectivity index (χ1n) is 8.81. The van der Waals surface area contributed by atoms with Gasteiger partial charge in [-0.3, -0.25) is 4.79 Å². The fourth-order valence-corrected chi connectivity index (χ4v) is 6.99. The van der Waals surface area contributed by atoms with Crippen molar-refractivity contribution >= 4 is 54.8 Å². The maximum Gasteiger partial charge on any atom is 0.191 e. The van der Waals surface area contributed by atoms with E-state index in [1.54, 1.807) is 0 Å². The number of sulfone groups is 1. The minimum absolute atomic E-state index is 0.0290. The zero-order valence-corrected chi connectivity index (χ0v) is 18.0.